The van der Waals surface area contributed by atoms with E-state index in [1.165, 1.54) is 23.3 Å². The van der Waals surface area contributed by atoms with Crippen LogP contribution in [0.3, 0.4) is 0 Å². The number of aliphatic hydroxyl groups excluding tert-OH is 1. The van der Waals surface area contributed by atoms with Gasteiger partial charge in [-0.1, -0.05) is 64.3 Å². The molecular weight excluding hydrogens is 526 g/mol. The van der Waals surface area contributed by atoms with Crippen molar-refractivity contribution in [2.45, 2.75) is 113 Å². The third kappa shape index (κ3) is 7.52. The predicted molar refractivity (Wildman–Crippen MR) is 155 cm³/mol. The highest BCUT2D eigenvalue weighted by Gasteiger charge is 2.60. The molecule has 0 saturated heterocycles. The molecular formula is C33H44F2N2O4. The Kier molecular flexibility index (Phi) is 9.54. The highest BCUT2D eigenvalue weighted by Crippen LogP contribution is 2.54. The first-order chi connectivity index (χ1) is 19.3. The van der Waals surface area contributed by atoms with Crippen LogP contribution >= 0.6 is 0 Å². The van der Waals surface area contributed by atoms with E-state index in [9.17, 15) is 23.5 Å². The van der Waals surface area contributed by atoms with Crippen LogP contribution < -0.4 is 10.6 Å². The molecule has 1 amide bonds. The molecule has 2 saturated carbocycles. The molecule has 3 atom stereocenters. The van der Waals surface area contributed by atoms with Crippen molar-refractivity contribution in [3.63, 3.8) is 0 Å². The molecule has 2 aliphatic rings. The summed E-state index contributed by atoms with van der Waals surface area (Å²) >= 11 is 0. The number of aliphatic hydroxyl groups is 1. The van der Waals surface area contributed by atoms with Crippen molar-refractivity contribution in [1.82, 2.24) is 10.6 Å². The van der Waals surface area contributed by atoms with E-state index in [4.69, 9.17) is 5.11 Å². The smallest absolute Gasteiger partial charge is 0.303 e. The molecule has 6 nitrogen and oxygen atoms in total. The van der Waals surface area contributed by atoms with Crippen LogP contribution in [0.5, 0.6) is 0 Å². The molecule has 224 valence electrons. The van der Waals surface area contributed by atoms with E-state index < -0.39 is 35.2 Å². The standard InChI is InChI=1S/C33H44F2N2O4/c1-31(2,3)23-10-9-11-24(18-23)32(14-7-4-8-15-32)36-21-28(38)33(37-29(39)12-5-6-13-30(40)41)20-27(33)22-16-25(34)19-26(35)17-22/h9-11,16-19,27-28,36,38H,4-8,12-15,20-21H2,1-3H3,(H,37,39)(H,40,41)/t27?,28-,33+/m1/s1. The molecule has 0 aliphatic heterocycles. The number of carbonyl (C=O) groups is 2. The van der Waals surface area contributed by atoms with Crippen molar-refractivity contribution in [3.05, 3.63) is 70.8 Å². The van der Waals surface area contributed by atoms with Gasteiger partial charge in [-0.2, -0.15) is 0 Å². The lowest BCUT2D eigenvalue weighted by Gasteiger charge is -2.41. The minimum absolute atomic E-state index is 0.00828. The molecule has 41 heavy (non-hydrogen) atoms. The first-order valence-electron chi connectivity index (χ1n) is 14.9. The monoisotopic (exact) mass is 570 g/mol. The van der Waals surface area contributed by atoms with Gasteiger partial charge in [-0.15, -0.1) is 0 Å². The number of carboxylic acids is 1. The second kappa shape index (κ2) is 12.6. The van der Waals surface area contributed by atoms with Crippen molar-refractivity contribution in [2.75, 3.05) is 6.54 Å². The Balaban J connectivity index is 1.55. The van der Waals surface area contributed by atoms with Crippen LogP contribution in [-0.4, -0.2) is 40.3 Å². The van der Waals surface area contributed by atoms with Gasteiger partial charge in [-0.25, -0.2) is 8.78 Å². The summed E-state index contributed by atoms with van der Waals surface area (Å²) in [5.41, 5.74) is 1.43. The third-order valence-corrected chi connectivity index (χ3v) is 8.92. The molecule has 0 aromatic heterocycles. The van der Waals surface area contributed by atoms with Gasteiger partial charge in [0.05, 0.1) is 11.6 Å². The summed E-state index contributed by atoms with van der Waals surface area (Å²) < 4.78 is 28.2. The highest BCUT2D eigenvalue weighted by atomic mass is 19.1. The van der Waals surface area contributed by atoms with Gasteiger partial charge in [0, 0.05) is 36.9 Å². The molecule has 0 bridgehead atoms. The molecule has 4 N–H and O–H groups in total. The average Bonchev–Trinajstić information content (AvgIpc) is 3.64. The molecule has 2 aromatic carbocycles. The van der Waals surface area contributed by atoms with E-state index in [2.05, 4.69) is 55.7 Å². The summed E-state index contributed by atoms with van der Waals surface area (Å²) in [4.78, 5) is 23.8. The average molecular weight is 571 g/mol. The summed E-state index contributed by atoms with van der Waals surface area (Å²) in [5.74, 6) is -3.07. The van der Waals surface area contributed by atoms with Gasteiger partial charge < -0.3 is 20.8 Å². The molecule has 0 spiro atoms. The van der Waals surface area contributed by atoms with Crippen LogP contribution in [0, 0.1) is 11.6 Å². The number of hydrogen-bond donors (Lipinski definition) is 4. The zero-order valence-electron chi connectivity index (χ0n) is 24.4. The lowest BCUT2D eigenvalue weighted by Crippen LogP contribution is -2.54. The zero-order valence-corrected chi connectivity index (χ0v) is 24.4. The maximum absolute atomic E-state index is 14.1. The molecule has 0 radical (unpaired) electrons. The second-order valence-corrected chi connectivity index (χ2v) is 13.0. The number of hydrogen-bond acceptors (Lipinski definition) is 4. The quantitative estimate of drug-likeness (QED) is 0.233. The number of carboxylic acid groups (broad SMARTS) is 1. The summed E-state index contributed by atoms with van der Waals surface area (Å²) in [6.07, 6.45) is 5.33. The minimum atomic E-state index is -1.07. The normalized spacial score (nSPS) is 22.6. The molecule has 8 heteroatoms. The summed E-state index contributed by atoms with van der Waals surface area (Å²) in [6.45, 7) is 6.77. The van der Waals surface area contributed by atoms with E-state index in [0.29, 0.717) is 24.8 Å². The Hall–Kier alpha value is -2.84. The van der Waals surface area contributed by atoms with Gasteiger partial charge in [-0.05, 0) is 66.3 Å². The Morgan fingerprint density at radius 3 is 2.29 bits per heavy atom. The summed E-state index contributed by atoms with van der Waals surface area (Å²) in [5, 5.41) is 27.2. The third-order valence-electron chi connectivity index (χ3n) is 8.92. The molecule has 4 rings (SSSR count). The Labute approximate surface area is 241 Å². The number of carbonyl (C=O) groups excluding carboxylic acids is 1. The van der Waals surface area contributed by atoms with E-state index in [0.717, 1.165) is 38.2 Å². The molecule has 0 heterocycles. The van der Waals surface area contributed by atoms with Gasteiger partial charge in [0.1, 0.15) is 11.6 Å². The summed E-state index contributed by atoms with van der Waals surface area (Å²) in [7, 11) is 0. The number of halogens is 2. The van der Waals surface area contributed by atoms with E-state index in [-0.39, 0.29) is 36.2 Å². The van der Waals surface area contributed by atoms with Crippen LogP contribution in [0.15, 0.2) is 42.5 Å². The fourth-order valence-electron chi connectivity index (χ4n) is 6.42. The second-order valence-electron chi connectivity index (χ2n) is 13.0. The van der Waals surface area contributed by atoms with Crippen LogP contribution in [0.1, 0.15) is 108 Å². The maximum Gasteiger partial charge on any atom is 0.303 e. The van der Waals surface area contributed by atoms with Crippen molar-refractivity contribution < 1.29 is 28.6 Å². The largest absolute Gasteiger partial charge is 0.481 e. The van der Waals surface area contributed by atoms with Crippen molar-refractivity contribution >= 4 is 11.9 Å². The highest BCUT2D eigenvalue weighted by molar-refractivity contribution is 5.78. The summed E-state index contributed by atoms with van der Waals surface area (Å²) in [6, 6.07) is 12.0. The Bertz CT molecular complexity index is 1220. The predicted octanol–water partition coefficient (Wildman–Crippen LogP) is 6.06. The van der Waals surface area contributed by atoms with Crippen LogP contribution in [0.2, 0.25) is 0 Å². The van der Waals surface area contributed by atoms with Gasteiger partial charge in [0.2, 0.25) is 5.91 Å². The van der Waals surface area contributed by atoms with Crippen LogP contribution in [0.4, 0.5) is 8.78 Å². The zero-order chi connectivity index (χ0) is 29.8. The first kappa shape index (κ1) is 31.1. The number of rotatable bonds is 12. The lowest BCUT2D eigenvalue weighted by atomic mass is 9.74. The Morgan fingerprint density at radius 2 is 1.66 bits per heavy atom. The number of unbranched alkanes of at least 4 members (excludes halogenated alkanes) is 1. The number of nitrogens with one attached hydrogen (secondary N) is 2. The SMILES string of the molecule is CC(C)(C)c1cccc(C2(NC[C@@H](O)[C@]3(NC(=O)CCCCC(=O)O)CC3c3cc(F)cc(F)c3)CCCCC2)c1. The fraction of sp³-hybridized carbons (Fsp3) is 0.576. The van der Waals surface area contributed by atoms with Crippen molar-refractivity contribution in [1.29, 1.82) is 0 Å². The topological polar surface area (TPSA) is 98.7 Å². The van der Waals surface area contributed by atoms with Gasteiger partial charge in [0.25, 0.3) is 0 Å². The fourth-order valence-corrected chi connectivity index (χ4v) is 6.42. The molecule has 1 unspecified atom stereocenters. The van der Waals surface area contributed by atoms with Gasteiger partial charge in [-0.3, -0.25) is 9.59 Å². The van der Waals surface area contributed by atoms with Gasteiger partial charge in [0.15, 0.2) is 0 Å². The minimum Gasteiger partial charge on any atom is -0.481 e. The Morgan fingerprint density at radius 1 is 1.00 bits per heavy atom. The van der Waals surface area contributed by atoms with E-state index in [1.807, 2.05) is 0 Å². The van der Waals surface area contributed by atoms with E-state index >= 15 is 0 Å². The number of aliphatic carboxylic acids is 1. The van der Waals surface area contributed by atoms with Crippen LogP contribution in [0.25, 0.3) is 0 Å². The van der Waals surface area contributed by atoms with E-state index in [1.54, 1.807) is 0 Å². The van der Waals surface area contributed by atoms with Crippen molar-refractivity contribution in [3.8, 4) is 0 Å². The molecule has 2 aromatic rings. The number of amides is 1. The van der Waals surface area contributed by atoms with Crippen molar-refractivity contribution in [2.24, 2.45) is 0 Å². The molecule has 2 aliphatic carbocycles. The first-order valence-corrected chi connectivity index (χ1v) is 14.9. The lowest BCUT2D eigenvalue weighted by molar-refractivity contribution is -0.137. The van der Waals surface area contributed by atoms with Gasteiger partial charge >= 0.3 is 5.97 Å². The number of benzene rings is 2. The van der Waals surface area contributed by atoms with Crippen LogP contribution in [-0.2, 0) is 20.5 Å². The maximum atomic E-state index is 14.1. The molecule has 2 fully saturated rings.